The maximum atomic E-state index is 5.40. The van der Waals surface area contributed by atoms with E-state index >= 15 is 0 Å². The van der Waals surface area contributed by atoms with Crippen molar-refractivity contribution in [1.82, 2.24) is 24.6 Å². The van der Waals surface area contributed by atoms with Gasteiger partial charge in [-0.15, -0.1) is 0 Å². The van der Waals surface area contributed by atoms with Gasteiger partial charge in [0.2, 0.25) is 0 Å². The molecule has 0 amide bonds. The van der Waals surface area contributed by atoms with Gasteiger partial charge in [-0.2, -0.15) is 5.10 Å². The summed E-state index contributed by atoms with van der Waals surface area (Å²) in [5.41, 5.74) is 2.03. The van der Waals surface area contributed by atoms with Crippen LogP contribution in [-0.4, -0.2) is 63.5 Å². The van der Waals surface area contributed by atoms with Crippen LogP contribution in [0.1, 0.15) is 18.3 Å². The first-order valence-corrected chi connectivity index (χ1v) is 8.05. The number of aromatic nitrogens is 4. The van der Waals surface area contributed by atoms with Crippen LogP contribution in [-0.2, 0) is 4.74 Å². The standard InChI is InChI=1S/C16H24N6O/c1-12-8-13(2)22(20-12)16-11-17-10-15(19-16)18-9-14(3)21-4-6-23-7-5-21/h8,10-11,14H,4-7,9H2,1-3H3,(H,18,19). The van der Waals surface area contributed by atoms with E-state index < -0.39 is 0 Å². The molecule has 1 unspecified atom stereocenters. The van der Waals surface area contributed by atoms with Gasteiger partial charge in [0.25, 0.3) is 0 Å². The average molecular weight is 316 g/mol. The Balaban J connectivity index is 1.64. The summed E-state index contributed by atoms with van der Waals surface area (Å²) < 4.78 is 7.21. The van der Waals surface area contributed by atoms with Gasteiger partial charge in [0, 0.05) is 31.4 Å². The normalized spacial score (nSPS) is 17.2. The number of hydrogen-bond acceptors (Lipinski definition) is 6. The first-order chi connectivity index (χ1) is 11.1. The van der Waals surface area contributed by atoms with E-state index in [1.807, 2.05) is 24.6 Å². The molecular formula is C16H24N6O. The third-order valence-electron chi connectivity index (χ3n) is 4.10. The Labute approximate surface area is 136 Å². The van der Waals surface area contributed by atoms with Crippen LogP contribution in [0.4, 0.5) is 5.82 Å². The van der Waals surface area contributed by atoms with Crippen molar-refractivity contribution in [3.05, 3.63) is 29.8 Å². The van der Waals surface area contributed by atoms with E-state index in [0.717, 1.165) is 55.9 Å². The van der Waals surface area contributed by atoms with Crippen LogP contribution in [0.5, 0.6) is 0 Å². The van der Waals surface area contributed by atoms with Crippen LogP contribution in [0.2, 0.25) is 0 Å². The summed E-state index contributed by atoms with van der Waals surface area (Å²) in [4.78, 5) is 11.3. The third-order valence-corrected chi connectivity index (χ3v) is 4.10. The zero-order valence-electron chi connectivity index (χ0n) is 14.0. The van der Waals surface area contributed by atoms with E-state index in [1.54, 1.807) is 12.4 Å². The lowest BCUT2D eigenvalue weighted by Crippen LogP contribution is -2.45. The molecule has 1 aliphatic heterocycles. The summed E-state index contributed by atoms with van der Waals surface area (Å²) in [6, 6.07) is 2.46. The number of rotatable bonds is 5. The highest BCUT2D eigenvalue weighted by atomic mass is 16.5. The van der Waals surface area contributed by atoms with Crippen molar-refractivity contribution in [3.8, 4) is 5.82 Å². The number of ether oxygens (including phenoxy) is 1. The van der Waals surface area contributed by atoms with Gasteiger partial charge in [0.15, 0.2) is 5.82 Å². The second-order valence-electron chi connectivity index (χ2n) is 5.98. The fraction of sp³-hybridized carbons (Fsp3) is 0.562. The maximum Gasteiger partial charge on any atom is 0.174 e. The first-order valence-electron chi connectivity index (χ1n) is 8.05. The molecule has 0 spiro atoms. The van der Waals surface area contributed by atoms with Gasteiger partial charge in [-0.25, -0.2) is 9.67 Å². The molecule has 1 aliphatic rings. The minimum Gasteiger partial charge on any atom is -0.379 e. The summed E-state index contributed by atoms with van der Waals surface area (Å²) in [6.45, 7) is 10.6. The lowest BCUT2D eigenvalue weighted by molar-refractivity contribution is 0.0227. The number of nitrogens with zero attached hydrogens (tertiary/aromatic N) is 5. The van der Waals surface area contributed by atoms with Crippen LogP contribution >= 0.6 is 0 Å². The van der Waals surface area contributed by atoms with E-state index in [2.05, 4.69) is 32.2 Å². The van der Waals surface area contributed by atoms with E-state index in [0.29, 0.717) is 6.04 Å². The molecule has 0 radical (unpaired) electrons. The van der Waals surface area contributed by atoms with Crippen LogP contribution in [0.25, 0.3) is 5.82 Å². The molecule has 0 bridgehead atoms. The van der Waals surface area contributed by atoms with Gasteiger partial charge in [-0.05, 0) is 26.8 Å². The number of hydrogen-bond donors (Lipinski definition) is 1. The van der Waals surface area contributed by atoms with E-state index in [1.165, 1.54) is 0 Å². The fourth-order valence-electron chi connectivity index (χ4n) is 2.80. The second kappa shape index (κ2) is 7.06. The van der Waals surface area contributed by atoms with Crippen molar-refractivity contribution >= 4 is 5.82 Å². The van der Waals surface area contributed by atoms with E-state index in [4.69, 9.17) is 4.74 Å². The Bertz CT molecular complexity index is 650. The minimum atomic E-state index is 0.429. The van der Waals surface area contributed by atoms with Gasteiger partial charge in [-0.3, -0.25) is 9.88 Å². The Hall–Kier alpha value is -1.99. The van der Waals surface area contributed by atoms with Crippen LogP contribution in [0, 0.1) is 13.8 Å². The number of anilines is 1. The maximum absolute atomic E-state index is 5.40. The summed E-state index contributed by atoms with van der Waals surface area (Å²) in [7, 11) is 0. The van der Waals surface area contributed by atoms with Crippen LogP contribution in [0.15, 0.2) is 18.5 Å². The van der Waals surface area contributed by atoms with Crippen molar-refractivity contribution < 1.29 is 4.74 Å². The molecular weight excluding hydrogens is 292 g/mol. The predicted octanol–water partition coefficient (Wildman–Crippen LogP) is 1.41. The van der Waals surface area contributed by atoms with Gasteiger partial charge in [0.05, 0.1) is 31.3 Å². The molecule has 1 atom stereocenters. The third kappa shape index (κ3) is 3.86. The van der Waals surface area contributed by atoms with Crippen LogP contribution in [0.3, 0.4) is 0 Å². The molecule has 0 aliphatic carbocycles. The molecule has 3 heterocycles. The lowest BCUT2D eigenvalue weighted by atomic mass is 10.2. The molecule has 2 aromatic heterocycles. The molecule has 7 nitrogen and oxygen atoms in total. The summed E-state index contributed by atoms with van der Waals surface area (Å²) in [5, 5.41) is 7.84. The van der Waals surface area contributed by atoms with E-state index in [-0.39, 0.29) is 0 Å². The molecule has 0 aromatic carbocycles. The Morgan fingerprint density at radius 2 is 2.04 bits per heavy atom. The van der Waals surface area contributed by atoms with Crippen LogP contribution < -0.4 is 5.32 Å². The summed E-state index contributed by atoms with van der Waals surface area (Å²) in [6.07, 6.45) is 3.48. The largest absolute Gasteiger partial charge is 0.379 e. The van der Waals surface area contributed by atoms with Gasteiger partial charge < -0.3 is 10.1 Å². The quantitative estimate of drug-likeness (QED) is 0.899. The number of morpholine rings is 1. The second-order valence-corrected chi connectivity index (χ2v) is 5.98. The molecule has 124 valence electrons. The molecule has 7 heteroatoms. The van der Waals surface area contributed by atoms with Gasteiger partial charge in [-0.1, -0.05) is 0 Å². The van der Waals surface area contributed by atoms with Crippen molar-refractivity contribution in [2.75, 3.05) is 38.2 Å². The topological polar surface area (TPSA) is 68.1 Å². The Morgan fingerprint density at radius 3 is 2.74 bits per heavy atom. The monoisotopic (exact) mass is 316 g/mol. The molecule has 1 fully saturated rings. The molecule has 1 saturated heterocycles. The predicted molar refractivity (Wildman–Crippen MR) is 89.0 cm³/mol. The highest BCUT2D eigenvalue weighted by molar-refractivity contribution is 5.36. The Kier molecular flexibility index (Phi) is 4.88. The lowest BCUT2D eigenvalue weighted by Gasteiger charge is -2.32. The minimum absolute atomic E-state index is 0.429. The average Bonchev–Trinajstić information content (AvgIpc) is 2.92. The molecule has 2 aromatic rings. The first kappa shape index (κ1) is 15.9. The van der Waals surface area contributed by atoms with Crippen molar-refractivity contribution in [1.29, 1.82) is 0 Å². The zero-order valence-corrected chi connectivity index (χ0v) is 14.0. The smallest absolute Gasteiger partial charge is 0.174 e. The summed E-state index contributed by atoms with van der Waals surface area (Å²) in [5.74, 6) is 1.51. The van der Waals surface area contributed by atoms with Gasteiger partial charge in [0.1, 0.15) is 5.82 Å². The zero-order chi connectivity index (χ0) is 16.2. The van der Waals surface area contributed by atoms with Gasteiger partial charge >= 0.3 is 0 Å². The van der Waals surface area contributed by atoms with E-state index in [9.17, 15) is 0 Å². The van der Waals surface area contributed by atoms with Crippen molar-refractivity contribution in [3.63, 3.8) is 0 Å². The molecule has 0 saturated carbocycles. The summed E-state index contributed by atoms with van der Waals surface area (Å²) >= 11 is 0. The highest BCUT2D eigenvalue weighted by Crippen LogP contribution is 2.11. The Morgan fingerprint density at radius 1 is 1.26 bits per heavy atom. The number of nitrogens with one attached hydrogen (secondary N) is 1. The fourth-order valence-corrected chi connectivity index (χ4v) is 2.80. The number of aryl methyl sites for hydroxylation is 2. The molecule has 1 N–H and O–H groups in total. The SMILES string of the molecule is Cc1cc(C)n(-c2cncc(NCC(C)N3CCOCC3)n2)n1. The molecule has 3 rings (SSSR count). The van der Waals surface area contributed by atoms with Crippen molar-refractivity contribution in [2.45, 2.75) is 26.8 Å². The highest BCUT2D eigenvalue weighted by Gasteiger charge is 2.17. The molecule has 23 heavy (non-hydrogen) atoms. The van der Waals surface area contributed by atoms with Crippen molar-refractivity contribution in [2.24, 2.45) is 0 Å².